The summed E-state index contributed by atoms with van der Waals surface area (Å²) in [6.07, 6.45) is 4.94. The molecule has 1 aromatic rings. The van der Waals surface area contributed by atoms with Crippen LogP contribution in [0.2, 0.25) is 0 Å². The molecule has 3 aliphatic rings. The van der Waals surface area contributed by atoms with Gasteiger partial charge in [-0.15, -0.1) is 0 Å². The topological polar surface area (TPSA) is 84.5 Å². The Bertz CT molecular complexity index is 746. The Morgan fingerprint density at radius 1 is 1.26 bits per heavy atom. The highest BCUT2D eigenvalue weighted by molar-refractivity contribution is 7.89. The average Bonchev–Trinajstić information content (AvgIpc) is 3.15. The molecule has 4 rings (SSSR count). The van der Waals surface area contributed by atoms with Gasteiger partial charge in [0.1, 0.15) is 5.75 Å². The molecule has 2 N–H and O–H groups in total. The van der Waals surface area contributed by atoms with Crippen LogP contribution in [-0.4, -0.2) is 27.5 Å². The summed E-state index contributed by atoms with van der Waals surface area (Å²) in [7, 11) is -3.57. The zero-order valence-electron chi connectivity index (χ0n) is 12.7. The maximum absolute atomic E-state index is 12.5. The lowest BCUT2D eigenvalue weighted by atomic mass is 9.89. The lowest BCUT2D eigenvalue weighted by molar-refractivity contribution is -0.118. The molecule has 124 valence electrons. The van der Waals surface area contributed by atoms with Crippen molar-refractivity contribution in [3.05, 3.63) is 18.2 Å². The van der Waals surface area contributed by atoms with Crippen LogP contribution in [0.5, 0.6) is 5.75 Å². The van der Waals surface area contributed by atoms with E-state index in [2.05, 4.69) is 10.0 Å². The second kappa shape index (κ2) is 5.49. The van der Waals surface area contributed by atoms with Crippen molar-refractivity contribution in [2.45, 2.75) is 30.6 Å². The number of anilines is 1. The fourth-order valence-corrected chi connectivity index (χ4v) is 5.28. The van der Waals surface area contributed by atoms with Crippen molar-refractivity contribution in [3.8, 4) is 5.75 Å². The summed E-state index contributed by atoms with van der Waals surface area (Å²) in [5.74, 6) is 2.16. The summed E-state index contributed by atoms with van der Waals surface area (Å²) in [5.41, 5.74) is 0.407. The average molecular weight is 336 g/mol. The minimum Gasteiger partial charge on any atom is -0.482 e. The Morgan fingerprint density at radius 3 is 2.87 bits per heavy atom. The SMILES string of the molecule is O=C1COc2ccc(S(=O)(=O)NC[C@@H]3C[C@H]4CC[C@H]3C4)cc2N1. The molecule has 1 aliphatic heterocycles. The number of carbonyl (C=O) groups excluding carboxylic acids is 1. The van der Waals surface area contributed by atoms with Gasteiger partial charge in [-0.2, -0.15) is 0 Å². The Balaban J connectivity index is 1.48. The van der Waals surface area contributed by atoms with E-state index in [0.717, 1.165) is 12.3 Å². The van der Waals surface area contributed by atoms with E-state index in [1.807, 2.05) is 0 Å². The van der Waals surface area contributed by atoms with Crippen molar-refractivity contribution in [1.29, 1.82) is 0 Å². The van der Waals surface area contributed by atoms with E-state index in [4.69, 9.17) is 4.74 Å². The van der Waals surface area contributed by atoms with Gasteiger partial charge in [-0.05, 0) is 55.2 Å². The summed E-state index contributed by atoms with van der Waals surface area (Å²) in [6.45, 7) is 0.463. The van der Waals surface area contributed by atoms with Gasteiger partial charge in [-0.1, -0.05) is 6.42 Å². The number of rotatable bonds is 4. The van der Waals surface area contributed by atoms with Crippen molar-refractivity contribution in [2.24, 2.45) is 17.8 Å². The van der Waals surface area contributed by atoms with E-state index in [1.165, 1.54) is 31.4 Å². The van der Waals surface area contributed by atoms with Gasteiger partial charge in [0.25, 0.3) is 5.91 Å². The van der Waals surface area contributed by atoms with Crippen LogP contribution in [-0.2, 0) is 14.8 Å². The summed E-state index contributed by atoms with van der Waals surface area (Å²) >= 11 is 0. The predicted molar refractivity (Wildman–Crippen MR) is 84.7 cm³/mol. The first-order valence-electron chi connectivity index (χ1n) is 8.07. The molecule has 0 spiro atoms. The van der Waals surface area contributed by atoms with Crippen molar-refractivity contribution in [3.63, 3.8) is 0 Å². The fraction of sp³-hybridized carbons (Fsp3) is 0.562. The molecule has 1 heterocycles. The Hall–Kier alpha value is -1.60. The number of hydrogen-bond donors (Lipinski definition) is 2. The maximum atomic E-state index is 12.5. The molecule has 2 fully saturated rings. The standard InChI is InChI=1S/C16H20N2O4S/c19-16-9-22-15-4-3-13(7-14(15)18-16)23(20,21)17-8-12-6-10-1-2-11(12)5-10/h3-4,7,10-12,17H,1-2,5-6,8-9H2,(H,18,19)/t10-,11-,12-/m0/s1. The van der Waals surface area contributed by atoms with Gasteiger partial charge in [-0.25, -0.2) is 13.1 Å². The van der Waals surface area contributed by atoms with Gasteiger partial charge in [0.15, 0.2) is 6.61 Å². The van der Waals surface area contributed by atoms with E-state index in [-0.39, 0.29) is 17.4 Å². The first-order chi connectivity index (χ1) is 11.0. The number of carbonyl (C=O) groups is 1. The van der Waals surface area contributed by atoms with Crippen molar-refractivity contribution in [2.75, 3.05) is 18.5 Å². The highest BCUT2D eigenvalue weighted by Gasteiger charge is 2.39. The Morgan fingerprint density at radius 2 is 2.13 bits per heavy atom. The molecule has 7 heteroatoms. The molecule has 3 atom stereocenters. The van der Waals surface area contributed by atoms with E-state index in [9.17, 15) is 13.2 Å². The van der Waals surface area contributed by atoms with Crippen molar-refractivity contribution >= 4 is 21.6 Å². The van der Waals surface area contributed by atoms with Crippen LogP contribution < -0.4 is 14.8 Å². The van der Waals surface area contributed by atoms with E-state index < -0.39 is 10.0 Å². The van der Waals surface area contributed by atoms with Gasteiger partial charge in [-0.3, -0.25) is 4.79 Å². The van der Waals surface area contributed by atoms with E-state index in [0.29, 0.717) is 29.8 Å². The second-order valence-electron chi connectivity index (χ2n) is 6.78. The highest BCUT2D eigenvalue weighted by atomic mass is 32.2. The molecular weight excluding hydrogens is 316 g/mol. The molecule has 2 saturated carbocycles. The molecule has 23 heavy (non-hydrogen) atoms. The van der Waals surface area contributed by atoms with E-state index in [1.54, 1.807) is 6.07 Å². The van der Waals surface area contributed by atoms with Crippen LogP contribution in [0, 0.1) is 17.8 Å². The molecule has 1 aromatic carbocycles. The molecule has 0 radical (unpaired) electrons. The number of sulfonamides is 1. The number of amides is 1. The molecule has 2 bridgehead atoms. The maximum Gasteiger partial charge on any atom is 0.262 e. The normalized spacial score (nSPS) is 29.0. The van der Waals surface area contributed by atoms with Crippen LogP contribution in [0.15, 0.2) is 23.1 Å². The van der Waals surface area contributed by atoms with Crippen molar-refractivity contribution in [1.82, 2.24) is 4.72 Å². The van der Waals surface area contributed by atoms with Crippen LogP contribution >= 0.6 is 0 Å². The summed E-state index contributed by atoms with van der Waals surface area (Å²) in [4.78, 5) is 11.5. The molecule has 0 unspecified atom stereocenters. The predicted octanol–water partition coefficient (Wildman–Crippen LogP) is 1.73. The van der Waals surface area contributed by atoms with Crippen LogP contribution in [0.25, 0.3) is 0 Å². The monoisotopic (exact) mass is 336 g/mol. The lowest BCUT2D eigenvalue weighted by Gasteiger charge is -2.22. The second-order valence-corrected chi connectivity index (χ2v) is 8.55. The Labute approximate surface area is 135 Å². The minimum atomic E-state index is -3.57. The highest BCUT2D eigenvalue weighted by Crippen LogP contribution is 2.48. The largest absolute Gasteiger partial charge is 0.482 e. The molecule has 2 aliphatic carbocycles. The third-order valence-corrected chi connectivity index (χ3v) is 6.74. The van der Waals surface area contributed by atoms with E-state index >= 15 is 0 Å². The first kappa shape index (κ1) is 15.0. The summed E-state index contributed by atoms with van der Waals surface area (Å²) in [6, 6.07) is 4.55. The number of fused-ring (bicyclic) bond motifs is 3. The van der Waals surface area contributed by atoms with Crippen LogP contribution in [0.1, 0.15) is 25.7 Å². The summed E-state index contributed by atoms with van der Waals surface area (Å²) in [5, 5.41) is 2.64. The smallest absolute Gasteiger partial charge is 0.262 e. The number of ether oxygens (including phenoxy) is 1. The zero-order valence-corrected chi connectivity index (χ0v) is 13.6. The molecular formula is C16H20N2O4S. The molecule has 1 amide bonds. The van der Waals surface area contributed by atoms with Gasteiger partial charge in [0.05, 0.1) is 10.6 Å². The molecule has 0 aromatic heterocycles. The zero-order chi connectivity index (χ0) is 16.0. The van der Waals surface area contributed by atoms with Crippen molar-refractivity contribution < 1.29 is 17.9 Å². The number of benzene rings is 1. The fourth-order valence-electron chi connectivity index (χ4n) is 4.16. The van der Waals surface area contributed by atoms with Gasteiger partial charge >= 0.3 is 0 Å². The first-order valence-corrected chi connectivity index (χ1v) is 9.56. The van der Waals surface area contributed by atoms with Gasteiger partial charge < -0.3 is 10.1 Å². The number of hydrogen-bond acceptors (Lipinski definition) is 4. The molecule has 0 saturated heterocycles. The third-order valence-electron chi connectivity index (χ3n) is 5.31. The minimum absolute atomic E-state index is 0.0401. The van der Waals surface area contributed by atoms with Gasteiger partial charge in [0, 0.05) is 6.54 Å². The molecule has 6 nitrogen and oxygen atoms in total. The van der Waals surface area contributed by atoms with Crippen LogP contribution in [0.4, 0.5) is 5.69 Å². The summed E-state index contributed by atoms with van der Waals surface area (Å²) < 4.78 is 33.0. The van der Waals surface area contributed by atoms with Gasteiger partial charge in [0.2, 0.25) is 10.0 Å². The Kier molecular flexibility index (Phi) is 3.57. The third kappa shape index (κ3) is 2.83. The van der Waals surface area contributed by atoms with Crippen LogP contribution in [0.3, 0.4) is 0 Å². The quantitative estimate of drug-likeness (QED) is 0.877. The lowest BCUT2D eigenvalue weighted by Crippen LogP contribution is -2.32. The number of nitrogens with one attached hydrogen (secondary N) is 2.